The second kappa shape index (κ2) is 7.52. The highest BCUT2D eigenvalue weighted by molar-refractivity contribution is 7.91. The molecule has 0 aromatic heterocycles. The molecule has 0 aliphatic carbocycles. The highest BCUT2D eigenvalue weighted by atomic mass is 32.2. The zero-order valence-electron chi connectivity index (χ0n) is 11.8. The minimum absolute atomic E-state index is 0.177. The van der Waals surface area contributed by atoms with Crippen LogP contribution in [-0.4, -0.2) is 73.5 Å². The normalized spacial score (nSPS) is 20.3. The molecule has 0 amide bonds. The third-order valence-electron chi connectivity index (χ3n) is 3.72. The Morgan fingerprint density at radius 2 is 1.84 bits per heavy atom. The van der Waals surface area contributed by atoms with Crippen LogP contribution >= 0.6 is 12.2 Å². The van der Waals surface area contributed by atoms with Crippen LogP contribution in [0.25, 0.3) is 0 Å². The van der Waals surface area contributed by atoms with Crippen LogP contribution in [0.15, 0.2) is 0 Å². The van der Waals surface area contributed by atoms with Crippen molar-refractivity contribution in [1.82, 2.24) is 9.80 Å². The highest BCUT2D eigenvalue weighted by Crippen LogP contribution is 2.10. The van der Waals surface area contributed by atoms with E-state index in [1.54, 1.807) is 6.92 Å². The lowest BCUT2D eigenvalue weighted by molar-refractivity contribution is 0.121. The van der Waals surface area contributed by atoms with Gasteiger partial charge in [-0.15, -0.1) is 0 Å². The van der Waals surface area contributed by atoms with Crippen LogP contribution in [0.5, 0.6) is 0 Å². The molecule has 1 rings (SSSR count). The van der Waals surface area contributed by atoms with Gasteiger partial charge in [-0.1, -0.05) is 26.1 Å². The first kappa shape index (κ1) is 16.8. The van der Waals surface area contributed by atoms with Gasteiger partial charge in [-0.2, -0.15) is 0 Å². The molecule has 1 atom stereocenters. The number of sulfone groups is 1. The largest absolute Gasteiger partial charge is 0.392 e. The quantitative estimate of drug-likeness (QED) is 0.673. The Balaban J connectivity index is 2.39. The summed E-state index contributed by atoms with van der Waals surface area (Å²) in [6.07, 6.45) is 0.930. The number of piperazine rings is 1. The standard InChI is InChI=1S/C12H25N3O2S2/c1-3-11(12(13)18)15-7-5-14(6-8-15)9-10-19(16,17)4-2/h11H,3-10H2,1-2H3,(H2,13,18). The van der Waals surface area contributed by atoms with E-state index in [1.165, 1.54) is 0 Å². The Hall–Kier alpha value is -0.240. The van der Waals surface area contributed by atoms with Crippen LogP contribution in [0.2, 0.25) is 0 Å². The van der Waals surface area contributed by atoms with Gasteiger partial charge in [-0.25, -0.2) is 8.42 Å². The van der Waals surface area contributed by atoms with E-state index in [4.69, 9.17) is 18.0 Å². The number of nitrogens with zero attached hydrogens (tertiary/aromatic N) is 2. The van der Waals surface area contributed by atoms with Crippen LogP contribution in [0.4, 0.5) is 0 Å². The summed E-state index contributed by atoms with van der Waals surface area (Å²) in [5.74, 6) is 0.488. The molecule has 0 bridgehead atoms. The fourth-order valence-corrected chi connectivity index (χ4v) is 3.49. The van der Waals surface area contributed by atoms with Crippen molar-refractivity contribution in [3.05, 3.63) is 0 Å². The van der Waals surface area contributed by atoms with Gasteiger partial charge in [0.1, 0.15) is 0 Å². The lowest BCUT2D eigenvalue weighted by Crippen LogP contribution is -2.54. The van der Waals surface area contributed by atoms with Gasteiger partial charge in [0.05, 0.1) is 16.8 Å². The summed E-state index contributed by atoms with van der Waals surface area (Å²) in [5.41, 5.74) is 5.74. The molecule has 112 valence electrons. The maximum atomic E-state index is 11.5. The number of thiocarbonyl (C=S) groups is 1. The first-order chi connectivity index (χ1) is 8.89. The Morgan fingerprint density at radius 1 is 1.26 bits per heavy atom. The average molecular weight is 307 g/mol. The van der Waals surface area contributed by atoms with Crippen molar-refractivity contribution in [3.63, 3.8) is 0 Å². The minimum atomic E-state index is -2.86. The van der Waals surface area contributed by atoms with E-state index in [0.29, 0.717) is 11.5 Å². The average Bonchev–Trinajstić information content (AvgIpc) is 2.38. The highest BCUT2D eigenvalue weighted by Gasteiger charge is 2.24. The van der Waals surface area contributed by atoms with Crippen molar-refractivity contribution in [3.8, 4) is 0 Å². The lowest BCUT2D eigenvalue weighted by Gasteiger charge is -2.38. The molecule has 19 heavy (non-hydrogen) atoms. The molecule has 0 aromatic rings. The molecule has 1 saturated heterocycles. The Morgan fingerprint density at radius 3 is 2.26 bits per heavy atom. The van der Waals surface area contributed by atoms with Crippen LogP contribution in [0.3, 0.4) is 0 Å². The molecular formula is C12H25N3O2S2. The van der Waals surface area contributed by atoms with Gasteiger partial charge in [0.15, 0.2) is 9.84 Å². The predicted octanol–water partition coefficient (Wildman–Crippen LogP) is 0.103. The van der Waals surface area contributed by atoms with Crippen molar-refractivity contribution in [2.24, 2.45) is 5.73 Å². The van der Waals surface area contributed by atoms with Crippen LogP contribution in [0, 0.1) is 0 Å². The van der Waals surface area contributed by atoms with Gasteiger partial charge in [0.25, 0.3) is 0 Å². The van der Waals surface area contributed by atoms with Crippen molar-refractivity contribution >= 4 is 27.0 Å². The molecule has 5 nitrogen and oxygen atoms in total. The van der Waals surface area contributed by atoms with Crippen LogP contribution in [-0.2, 0) is 9.84 Å². The van der Waals surface area contributed by atoms with Crippen molar-refractivity contribution in [2.45, 2.75) is 26.3 Å². The fraction of sp³-hybridized carbons (Fsp3) is 0.917. The molecule has 1 fully saturated rings. The molecule has 0 saturated carbocycles. The summed E-state index contributed by atoms with van der Waals surface area (Å²) >= 11 is 5.09. The summed E-state index contributed by atoms with van der Waals surface area (Å²) in [5, 5.41) is 0. The zero-order chi connectivity index (χ0) is 14.5. The van der Waals surface area contributed by atoms with E-state index in [1.807, 2.05) is 0 Å². The Kier molecular flexibility index (Phi) is 6.65. The summed E-state index contributed by atoms with van der Waals surface area (Å²) in [6.45, 7) is 8.00. The van der Waals surface area contributed by atoms with Gasteiger partial charge in [0.2, 0.25) is 0 Å². The molecule has 0 spiro atoms. The van der Waals surface area contributed by atoms with E-state index in [-0.39, 0.29) is 17.5 Å². The summed E-state index contributed by atoms with van der Waals surface area (Å²) in [7, 11) is -2.86. The topological polar surface area (TPSA) is 66.6 Å². The molecule has 1 aliphatic heterocycles. The third-order valence-corrected chi connectivity index (χ3v) is 5.68. The maximum Gasteiger partial charge on any atom is 0.151 e. The SMILES string of the molecule is CCC(C(N)=S)N1CCN(CCS(=O)(=O)CC)CC1. The number of hydrogen-bond acceptors (Lipinski definition) is 5. The van der Waals surface area contributed by atoms with Crippen molar-refractivity contribution in [2.75, 3.05) is 44.2 Å². The van der Waals surface area contributed by atoms with Crippen molar-refractivity contribution < 1.29 is 8.42 Å². The van der Waals surface area contributed by atoms with Gasteiger partial charge in [-0.05, 0) is 6.42 Å². The minimum Gasteiger partial charge on any atom is -0.392 e. The summed E-state index contributed by atoms with van der Waals surface area (Å²) < 4.78 is 23.0. The van der Waals surface area contributed by atoms with Crippen LogP contribution < -0.4 is 5.73 Å². The van der Waals surface area contributed by atoms with Crippen LogP contribution in [0.1, 0.15) is 20.3 Å². The smallest absolute Gasteiger partial charge is 0.151 e. The number of hydrogen-bond donors (Lipinski definition) is 1. The Labute approximate surface area is 122 Å². The Bertz CT molecular complexity index is 390. The van der Waals surface area contributed by atoms with E-state index in [0.717, 1.165) is 32.6 Å². The van der Waals surface area contributed by atoms with Gasteiger partial charge in [-0.3, -0.25) is 9.80 Å². The van der Waals surface area contributed by atoms with Gasteiger partial charge >= 0.3 is 0 Å². The second-order valence-electron chi connectivity index (χ2n) is 4.94. The van der Waals surface area contributed by atoms with E-state index >= 15 is 0 Å². The fourth-order valence-electron chi connectivity index (χ4n) is 2.35. The van der Waals surface area contributed by atoms with Gasteiger partial charge < -0.3 is 5.73 Å². The molecular weight excluding hydrogens is 282 g/mol. The molecule has 0 radical (unpaired) electrons. The molecule has 1 unspecified atom stereocenters. The van der Waals surface area contributed by atoms with Crippen molar-refractivity contribution in [1.29, 1.82) is 0 Å². The second-order valence-corrected chi connectivity index (χ2v) is 7.88. The number of nitrogens with two attached hydrogens (primary N) is 1. The zero-order valence-corrected chi connectivity index (χ0v) is 13.5. The number of rotatable bonds is 7. The maximum absolute atomic E-state index is 11.5. The summed E-state index contributed by atoms with van der Waals surface area (Å²) in [6, 6.07) is 0.177. The monoisotopic (exact) mass is 307 g/mol. The third kappa shape index (κ3) is 5.33. The molecule has 7 heteroatoms. The van der Waals surface area contributed by atoms with Gasteiger partial charge in [0, 0.05) is 38.5 Å². The molecule has 0 aromatic carbocycles. The molecule has 1 heterocycles. The first-order valence-corrected chi connectivity index (χ1v) is 9.08. The predicted molar refractivity (Wildman–Crippen MR) is 83.2 cm³/mol. The summed E-state index contributed by atoms with van der Waals surface area (Å²) in [4.78, 5) is 5.06. The lowest BCUT2D eigenvalue weighted by atomic mass is 10.1. The van der Waals surface area contributed by atoms with E-state index in [9.17, 15) is 8.42 Å². The van der Waals surface area contributed by atoms with E-state index < -0.39 is 9.84 Å². The van der Waals surface area contributed by atoms with E-state index in [2.05, 4.69) is 16.7 Å². The molecule has 1 aliphatic rings. The first-order valence-electron chi connectivity index (χ1n) is 6.85. The molecule has 2 N–H and O–H groups in total.